The van der Waals surface area contributed by atoms with Gasteiger partial charge in [-0.1, -0.05) is 6.07 Å². The molecule has 2 heterocycles. The summed E-state index contributed by atoms with van der Waals surface area (Å²) in [7, 11) is 3.19. The summed E-state index contributed by atoms with van der Waals surface area (Å²) in [6, 6.07) is 7.63. The number of hydrogen-bond donors (Lipinski definition) is 1. The van der Waals surface area contributed by atoms with Gasteiger partial charge in [0.15, 0.2) is 11.5 Å². The van der Waals surface area contributed by atoms with Gasteiger partial charge in [0, 0.05) is 30.4 Å². The van der Waals surface area contributed by atoms with Crippen LogP contribution in [0.3, 0.4) is 0 Å². The zero-order chi connectivity index (χ0) is 21.8. The van der Waals surface area contributed by atoms with Gasteiger partial charge in [0.25, 0.3) is 5.91 Å². The number of carbonyl (C=O) groups is 2. The lowest BCUT2D eigenvalue weighted by atomic mass is 9.87. The molecule has 1 aromatic heterocycles. The normalized spacial score (nSPS) is 18.3. The largest absolute Gasteiger partial charge is 0.493 e. The van der Waals surface area contributed by atoms with E-state index in [1.165, 1.54) is 4.88 Å². The van der Waals surface area contributed by atoms with E-state index in [4.69, 9.17) is 14.2 Å². The molecule has 0 bridgehead atoms. The van der Waals surface area contributed by atoms with Crippen molar-refractivity contribution in [1.29, 1.82) is 0 Å². The number of carbonyl (C=O) groups excluding carboxylic acids is 2. The topological polar surface area (TPSA) is 77.1 Å². The summed E-state index contributed by atoms with van der Waals surface area (Å²) in [6.45, 7) is 2.91. The lowest BCUT2D eigenvalue weighted by Crippen LogP contribution is -2.40. The Hall–Kier alpha value is -2.58. The first-order valence-corrected chi connectivity index (χ1v) is 11.4. The number of morpholine rings is 1. The fourth-order valence-electron chi connectivity index (χ4n) is 4.10. The summed E-state index contributed by atoms with van der Waals surface area (Å²) in [5.74, 6) is 1.36. The minimum Gasteiger partial charge on any atom is -0.493 e. The van der Waals surface area contributed by atoms with E-state index in [0.717, 1.165) is 28.8 Å². The second-order valence-corrected chi connectivity index (χ2v) is 8.95. The molecule has 1 N–H and O–H groups in total. The highest BCUT2D eigenvalue weighted by Gasteiger charge is 2.29. The second kappa shape index (κ2) is 9.70. The third-order valence-electron chi connectivity index (χ3n) is 5.88. The minimum atomic E-state index is -0.0754. The second-order valence-electron chi connectivity index (χ2n) is 7.81. The van der Waals surface area contributed by atoms with E-state index in [1.807, 2.05) is 29.2 Å². The number of ether oxygens (including phenoxy) is 3. The number of aryl methyl sites for hydroxylation is 1. The number of methoxy groups -OCH3 is 2. The number of hydrogen-bond acceptors (Lipinski definition) is 6. The van der Waals surface area contributed by atoms with Crippen molar-refractivity contribution in [1.82, 2.24) is 10.2 Å². The number of nitrogens with one attached hydrogen (secondary N) is 1. The third-order valence-corrected chi connectivity index (χ3v) is 7.10. The van der Waals surface area contributed by atoms with Crippen molar-refractivity contribution in [2.24, 2.45) is 5.92 Å². The first-order chi connectivity index (χ1) is 15.1. The number of nitrogens with zero attached hydrogens (tertiary/aromatic N) is 1. The smallest absolute Gasteiger partial charge is 0.264 e. The Morgan fingerprint density at radius 1 is 1.16 bits per heavy atom. The van der Waals surface area contributed by atoms with Crippen molar-refractivity contribution in [3.8, 4) is 11.5 Å². The zero-order valence-electron chi connectivity index (χ0n) is 17.9. The van der Waals surface area contributed by atoms with Gasteiger partial charge >= 0.3 is 0 Å². The molecule has 0 unspecified atom stereocenters. The molecular formula is C23H28N2O5S. The Morgan fingerprint density at radius 2 is 1.94 bits per heavy atom. The molecule has 1 aromatic carbocycles. The molecule has 2 aliphatic rings. The Kier molecular flexibility index (Phi) is 6.77. The van der Waals surface area contributed by atoms with Gasteiger partial charge in [0.2, 0.25) is 5.91 Å². The van der Waals surface area contributed by atoms with Crippen LogP contribution in [-0.2, 0) is 28.9 Å². The monoisotopic (exact) mass is 444 g/mol. The maximum Gasteiger partial charge on any atom is 0.264 e. The predicted molar refractivity (Wildman–Crippen MR) is 118 cm³/mol. The number of benzene rings is 1. The molecule has 7 nitrogen and oxygen atoms in total. The highest BCUT2D eigenvalue weighted by Crippen LogP contribution is 2.33. The van der Waals surface area contributed by atoms with Gasteiger partial charge in [-0.3, -0.25) is 9.59 Å². The van der Waals surface area contributed by atoms with Gasteiger partial charge in [-0.25, -0.2) is 0 Å². The highest BCUT2D eigenvalue weighted by atomic mass is 32.1. The van der Waals surface area contributed by atoms with E-state index in [-0.39, 0.29) is 17.7 Å². The van der Waals surface area contributed by atoms with Crippen LogP contribution in [0.4, 0.5) is 0 Å². The summed E-state index contributed by atoms with van der Waals surface area (Å²) in [5.41, 5.74) is 2.09. The average molecular weight is 445 g/mol. The van der Waals surface area contributed by atoms with Crippen molar-refractivity contribution in [2.45, 2.75) is 25.8 Å². The van der Waals surface area contributed by atoms with Crippen LogP contribution in [0.15, 0.2) is 24.3 Å². The summed E-state index contributed by atoms with van der Waals surface area (Å²) in [5, 5.41) is 3.05. The summed E-state index contributed by atoms with van der Waals surface area (Å²) in [4.78, 5) is 29.4. The molecule has 1 aliphatic heterocycles. The molecule has 31 heavy (non-hydrogen) atoms. The van der Waals surface area contributed by atoms with Gasteiger partial charge in [0.1, 0.15) is 0 Å². The maximum atomic E-state index is 12.8. The Bertz CT molecular complexity index is 951. The van der Waals surface area contributed by atoms with Crippen molar-refractivity contribution in [3.63, 3.8) is 0 Å². The number of rotatable bonds is 6. The van der Waals surface area contributed by atoms with E-state index in [2.05, 4.69) is 5.32 Å². The molecule has 1 saturated heterocycles. The van der Waals surface area contributed by atoms with Crippen LogP contribution in [0, 0.1) is 5.92 Å². The van der Waals surface area contributed by atoms with Crippen molar-refractivity contribution in [3.05, 3.63) is 45.1 Å². The first kappa shape index (κ1) is 21.6. The first-order valence-electron chi connectivity index (χ1n) is 10.6. The van der Waals surface area contributed by atoms with Crippen LogP contribution in [0.25, 0.3) is 0 Å². The van der Waals surface area contributed by atoms with Crippen LogP contribution in [-0.4, -0.2) is 57.2 Å². The molecular weight excluding hydrogens is 416 g/mol. The van der Waals surface area contributed by atoms with Crippen LogP contribution in [0.2, 0.25) is 0 Å². The molecule has 0 saturated carbocycles. The van der Waals surface area contributed by atoms with Crippen LogP contribution >= 0.6 is 11.3 Å². The minimum absolute atomic E-state index is 0.0488. The van der Waals surface area contributed by atoms with Gasteiger partial charge < -0.3 is 24.4 Å². The lowest BCUT2D eigenvalue weighted by molar-refractivity contribution is -0.125. The van der Waals surface area contributed by atoms with Crippen molar-refractivity contribution < 1.29 is 23.8 Å². The van der Waals surface area contributed by atoms with E-state index < -0.39 is 0 Å². The fraction of sp³-hybridized carbons (Fsp3) is 0.478. The SMILES string of the molecule is COc1ccc(CNC(=O)[C@@H]2CCc3sc(C(=O)N4CCOCC4)cc3C2)cc1OC. The summed E-state index contributed by atoms with van der Waals surface area (Å²) in [6.07, 6.45) is 2.32. The number of fused-ring (bicyclic) bond motifs is 1. The molecule has 4 rings (SSSR count). The van der Waals surface area contributed by atoms with Crippen molar-refractivity contribution in [2.75, 3.05) is 40.5 Å². The Labute approximate surface area is 186 Å². The quantitative estimate of drug-likeness (QED) is 0.741. The molecule has 2 amide bonds. The van der Waals surface area contributed by atoms with Gasteiger partial charge in [0.05, 0.1) is 32.3 Å². The summed E-state index contributed by atoms with van der Waals surface area (Å²) >= 11 is 1.58. The predicted octanol–water partition coefficient (Wildman–Crippen LogP) is 2.66. The lowest BCUT2D eigenvalue weighted by Gasteiger charge is -2.26. The molecule has 1 atom stereocenters. The standard InChI is InChI=1S/C23H28N2O5S/c1-28-18-5-3-15(11-19(18)29-2)14-24-22(26)16-4-6-20-17(12-16)13-21(31-20)23(27)25-7-9-30-10-8-25/h3,5,11,13,16H,4,6-10,12,14H2,1-2H3,(H,24,26)/t16-/m1/s1. The molecule has 1 aliphatic carbocycles. The van der Waals surface area contributed by atoms with E-state index in [0.29, 0.717) is 50.8 Å². The Balaban J connectivity index is 1.35. The van der Waals surface area contributed by atoms with Crippen LogP contribution in [0.5, 0.6) is 11.5 Å². The number of thiophene rings is 1. The molecule has 0 radical (unpaired) electrons. The third kappa shape index (κ3) is 4.85. The maximum absolute atomic E-state index is 12.8. The van der Waals surface area contributed by atoms with E-state index in [9.17, 15) is 9.59 Å². The van der Waals surface area contributed by atoms with Gasteiger partial charge in [-0.15, -0.1) is 11.3 Å². The molecule has 166 valence electrons. The zero-order valence-corrected chi connectivity index (χ0v) is 18.8. The van der Waals surface area contributed by atoms with Gasteiger partial charge in [-0.05, 0) is 48.6 Å². The summed E-state index contributed by atoms with van der Waals surface area (Å²) < 4.78 is 15.9. The molecule has 8 heteroatoms. The fourth-order valence-corrected chi connectivity index (χ4v) is 5.28. The van der Waals surface area contributed by atoms with E-state index in [1.54, 1.807) is 25.6 Å². The average Bonchev–Trinajstić information content (AvgIpc) is 3.25. The molecule has 1 fully saturated rings. The van der Waals surface area contributed by atoms with Crippen molar-refractivity contribution >= 4 is 23.2 Å². The Morgan fingerprint density at radius 3 is 2.68 bits per heavy atom. The van der Waals surface area contributed by atoms with Crippen LogP contribution < -0.4 is 14.8 Å². The molecule has 0 spiro atoms. The van der Waals surface area contributed by atoms with E-state index >= 15 is 0 Å². The van der Waals surface area contributed by atoms with Crippen LogP contribution in [0.1, 0.15) is 32.1 Å². The highest BCUT2D eigenvalue weighted by molar-refractivity contribution is 7.14. The molecule has 2 aromatic rings. The number of amides is 2. The van der Waals surface area contributed by atoms with Gasteiger partial charge in [-0.2, -0.15) is 0 Å².